The number of para-hydroxylation sites is 1. The maximum absolute atomic E-state index is 5.72. The van der Waals surface area contributed by atoms with Crippen LogP contribution in [0.4, 0.5) is 0 Å². The van der Waals surface area contributed by atoms with Gasteiger partial charge in [0, 0.05) is 11.1 Å². The van der Waals surface area contributed by atoms with E-state index in [9.17, 15) is 0 Å². The molecule has 0 spiro atoms. The number of rotatable bonds is 2. The summed E-state index contributed by atoms with van der Waals surface area (Å²) in [7, 11) is 0. The van der Waals surface area contributed by atoms with Gasteiger partial charge in [0.2, 0.25) is 0 Å². The van der Waals surface area contributed by atoms with Gasteiger partial charge in [-0.1, -0.05) is 25.1 Å². The molecule has 1 aromatic heterocycles. The summed E-state index contributed by atoms with van der Waals surface area (Å²) in [6.45, 7) is 4.85. The first-order chi connectivity index (χ1) is 7.22. The van der Waals surface area contributed by atoms with Crippen LogP contribution in [-0.4, -0.2) is 11.5 Å². The second kappa shape index (κ2) is 3.99. The maximum Gasteiger partial charge on any atom is 0.0708 e. The fraction of sp³-hybridized carbons (Fsp3) is 0.308. The van der Waals surface area contributed by atoms with E-state index in [1.54, 1.807) is 0 Å². The van der Waals surface area contributed by atoms with Gasteiger partial charge in [0.25, 0.3) is 0 Å². The van der Waals surface area contributed by atoms with Gasteiger partial charge >= 0.3 is 0 Å². The third kappa shape index (κ3) is 1.85. The van der Waals surface area contributed by atoms with Crippen molar-refractivity contribution in [2.75, 3.05) is 6.54 Å². The van der Waals surface area contributed by atoms with Crippen molar-refractivity contribution in [1.29, 1.82) is 0 Å². The standard InChI is InChI=1S/C13H16N2/c1-9(8-14)12-7-10(2)15-13-6-4-3-5-11(12)13/h3-7,9H,8,14H2,1-2H3. The van der Waals surface area contributed by atoms with Gasteiger partial charge in [0.1, 0.15) is 0 Å². The largest absolute Gasteiger partial charge is 0.330 e. The molecule has 0 aliphatic rings. The van der Waals surface area contributed by atoms with Gasteiger partial charge in [-0.3, -0.25) is 4.98 Å². The highest BCUT2D eigenvalue weighted by Gasteiger charge is 2.08. The number of hydrogen-bond donors (Lipinski definition) is 1. The predicted octanol–water partition coefficient (Wildman–Crippen LogP) is 2.61. The molecule has 78 valence electrons. The molecule has 2 aromatic rings. The summed E-state index contributed by atoms with van der Waals surface area (Å²) in [6.07, 6.45) is 0. The van der Waals surface area contributed by atoms with Crippen LogP contribution in [0.15, 0.2) is 30.3 Å². The first-order valence-corrected chi connectivity index (χ1v) is 5.28. The molecule has 2 nitrogen and oxygen atoms in total. The topological polar surface area (TPSA) is 38.9 Å². The number of aryl methyl sites for hydroxylation is 1. The molecule has 0 saturated carbocycles. The highest BCUT2D eigenvalue weighted by molar-refractivity contribution is 5.82. The van der Waals surface area contributed by atoms with Gasteiger partial charge in [0.15, 0.2) is 0 Å². The van der Waals surface area contributed by atoms with Crippen molar-refractivity contribution in [2.24, 2.45) is 5.73 Å². The fourth-order valence-electron chi connectivity index (χ4n) is 1.87. The van der Waals surface area contributed by atoms with E-state index >= 15 is 0 Å². The summed E-state index contributed by atoms with van der Waals surface area (Å²) >= 11 is 0. The Morgan fingerprint density at radius 2 is 2.07 bits per heavy atom. The summed E-state index contributed by atoms with van der Waals surface area (Å²) in [6, 6.07) is 10.4. The maximum atomic E-state index is 5.72. The first-order valence-electron chi connectivity index (χ1n) is 5.28. The van der Waals surface area contributed by atoms with Crippen LogP contribution < -0.4 is 5.73 Å². The number of pyridine rings is 1. The van der Waals surface area contributed by atoms with Gasteiger partial charge in [-0.2, -0.15) is 0 Å². The molecular weight excluding hydrogens is 184 g/mol. The van der Waals surface area contributed by atoms with Gasteiger partial charge < -0.3 is 5.73 Å². The minimum Gasteiger partial charge on any atom is -0.330 e. The predicted molar refractivity (Wildman–Crippen MR) is 63.9 cm³/mol. The van der Waals surface area contributed by atoms with Gasteiger partial charge in [0.05, 0.1) is 5.52 Å². The summed E-state index contributed by atoms with van der Waals surface area (Å²) < 4.78 is 0. The third-order valence-corrected chi connectivity index (χ3v) is 2.76. The minimum atomic E-state index is 0.386. The Labute approximate surface area is 90.1 Å². The third-order valence-electron chi connectivity index (χ3n) is 2.76. The molecule has 0 amide bonds. The van der Waals surface area contributed by atoms with Crippen LogP contribution in [0.2, 0.25) is 0 Å². The molecule has 2 rings (SSSR count). The summed E-state index contributed by atoms with van der Waals surface area (Å²) in [5.74, 6) is 0.386. The van der Waals surface area contributed by atoms with E-state index in [1.165, 1.54) is 10.9 Å². The van der Waals surface area contributed by atoms with E-state index in [1.807, 2.05) is 19.1 Å². The average molecular weight is 200 g/mol. The van der Waals surface area contributed by atoms with E-state index < -0.39 is 0 Å². The smallest absolute Gasteiger partial charge is 0.0708 e. The monoisotopic (exact) mass is 200 g/mol. The normalized spacial score (nSPS) is 13.0. The first kappa shape index (κ1) is 10.1. The summed E-state index contributed by atoms with van der Waals surface area (Å²) in [5.41, 5.74) is 9.15. The Kier molecular flexibility index (Phi) is 2.69. The molecule has 1 aromatic carbocycles. The highest BCUT2D eigenvalue weighted by atomic mass is 14.7. The lowest BCUT2D eigenvalue weighted by Crippen LogP contribution is -2.09. The zero-order chi connectivity index (χ0) is 10.8. The van der Waals surface area contributed by atoms with Gasteiger partial charge in [-0.25, -0.2) is 0 Å². The lowest BCUT2D eigenvalue weighted by Gasteiger charge is -2.13. The van der Waals surface area contributed by atoms with Crippen LogP contribution in [0.25, 0.3) is 10.9 Å². The van der Waals surface area contributed by atoms with Crippen LogP contribution in [-0.2, 0) is 0 Å². The van der Waals surface area contributed by atoms with Crippen LogP contribution in [0.1, 0.15) is 24.1 Å². The van der Waals surface area contributed by atoms with Crippen LogP contribution in [0.3, 0.4) is 0 Å². The van der Waals surface area contributed by atoms with Crippen molar-refractivity contribution in [3.05, 3.63) is 41.6 Å². The Hall–Kier alpha value is -1.41. The highest BCUT2D eigenvalue weighted by Crippen LogP contribution is 2.24. The van der Waals surface area contributed by atoms with Crippen LogP contribution in [0, 0.1) is 6.92 Å². The molecule has 0 bridgehead atoms. The molecule has 1 unspecified atom stereocenters. The van der Waals surface area contributed by atoms with Crippen molar-refractivity contribution in [1.82, 2.24) is 4.98 Å². The molecule has 1 heterocycles. The zero-order valence-corrected chi connectivity index (χ0v) is 9.20. The zero-order valence-electron chi connectivity index (χ0n) is 9.20. The Morgan fingerprint density at radius 1 is 1.33 bits per heavy atom. The van der Waals surface area contributed by atoms with E-state index in [2.05, 4.69) is 30.1 Å². The van der Waals surface area contributed by atoms with E-state index in [-0.39, 0.29) is 0 Å². The lowest BCUT2D eigenvalue weighted by atomic mass is 9.96. The number of fused-ring (bicyclic) bond motifs is 1. The second-order valence-electron chi connectivity index (χ2n) is 4.01. The molecule has 0 aliphatic heterocycles. The molecule has 2 N–H and O–H groups in total. The lowest BCUT2D eigenvalue weighted by molar-refractivity contribution is 0.778. The number of nitrogens with zero attached hydrogens (tertiary/aromatic N) is 1. The van der Waals surface area contributed by atoms with Crippen LogP contribution >= 0.6 is 0 Å². The van der Waals surface area contributed by atoms with E-state index in [0.717, 1.165) is 11.2 Å². The molecule has 15 heavy (non-hydrogen) atoms. The summed E-state index contributed by atoms with van der Waals surface area (Å²) in [4.78, 5) is 4.51. The Bertz CT molecular complexity index is 477. The molecule has 0 aliphatic carbocycles. The van der Waals surface area contributed by atoms with Gasteiger partial charge in [-0.15, -0.1) is 0 Å². The van der Waals surface area contributed by atoms with Crippen molar-refractivity contribution >= 4 is 10.9 Å². The molecule has 0 saturated heterocycles. The number of hydrogen-bond acceptors (Lipinski definition) is 2. The molecule has 0 fully saturated rings. The number of aromatic nitrogens is 1. The van der Waals surface area contributed by atoms with Crippen molar-refractivity contribution in [3.8, 4) is 0 Å². The van der Waals surface area contributed by atoms with Crippen molar-refractivity contribution in [2.45, 2.75) is 19.8 Å². The molecule has 2 heteroatoms. The fourth-order valence-corrected chi connectivity index (χ4v) is 1.87. The number of benzene rings is 1. The van der Waals surface area contributed by atoms with Crippen LogP contribution in [0.5, 0.6) is 0 Å². The second-order valence-corrected chi connectivity index (χ2v) is 4.01. The Balaban J connectivity index is 2.71. The quantitative estimate of drug-likeness (QED) is 0.809. The average Bonchev–Trinajstić information content (AvgIpc) is 2.26. The number of nitrogens with two attached hydrogens (primary N) is 1. The summed E-state index contributed by atoms with van der Waals surface area (Å²) in [5, 5.41) is 1.22. The molecular formula is C13H16N2. The molecule has 0 radical (unpaired) electrons. The van der Waals surface area contributed by atoms with E-state index in [4.69, 9.17) is 5.73 Å². The van der Waals surface area contributed by atoms with Gasteiger partial charge in [-0.05, 0) is 37.1 Å². The van der Waals surface area contributed by atoms with Crippen molar-refractivity contribution < 1.29 is 0 Å². The molecule has 1 atom stereocenters. The SMILES string of the molecule is Cc1cc(C(C)CN)c2ccccc2n1. The van der Waals surface area contributed by atoms with E-state index in [0.29, 0.717) is 12.5 Å². The minimum absolute atomic E-state index is 0.386. The Morgan fingerprint density at radius 3 is 2.80 bits per heavy atom. The van der Waals surface area contributed by atoms with Crippen molar-refractivity contribution in [3.63, 3.8) is 0 Å².